The molecule has 140 valence electrons. The standard InChI is InChI=1S/C22H24N2O3/c1-13-4-7-18-16(9-13)17(10-19(23-18)14-5-6-14)20(25)24-11-15-3-2-8-22(15,12-24)21(26)27/h4,7,9-10,14-15H,2-3,5-6,8,11-12H2,1H3,(H,26,27)/t15-,22+/m0/s1. The Morgan fingerprint density at radius 1 is 1.22 bits per heavy atom. The fourth-order valence-corrected chi connectivity index (χ4v) is 5.09. The number of pyridine rings is 1. The van der Waals surface area contributed by atoms with Crippen LogP contribution in [0, 0.1) is 18.3 Å². The number of carbonyl (C=O) groups is 2. The van der Waals surface area contributed by atoms with Crippen LogP contribution in [-0.4, -0.2) is 40.0 Å². The van der Waals surface area contributed by atoms with Crippen molar-refractivity contribution in [1.82, 2.24) is 9.88 Å². The van der Waals surface area contributed by atoms with Crippen LogP contribution in [0.2, 0.25) is 0 Å². The van der Waals surface area contributed by atoms with Crippen molar-refractivity contribution in [2.45, 2.75) is 44.9 Å². The van der Waals surface area contributed by atoms with E-state index < -0.39 is 11.4 Å². The fraction of sp³-hybridized carbons (Fsp3) is 0.500. The molecule has 2 saturated carbocycles. The summed E-state index contributed by atoms with van der Waals surface area (Å²) >= 11 is 0. The second-order valence-corrected chi connectivity index (χ2v) is 8.63. The number of rotatable bonds is 3. The minimum Gasteiger partial charge on any atom is -0.481 e. The molecule has 2 atom stereocenters. The Labute approximate surface area is 158 Å². The highest BCUT2D eigenvalue weighted by Crippen LogP contribution is 2.49. The number of carbonyl (C=O) groups excluding carboxylic acids is 1. The van der Waals surface area contributed by atoms with E-state index in [1.165, 1.54) is 0 Å². The second kappa shape index (κ2) is 5.78. The molecule has 3 fully saturated rings. The number of aromatic nitrogens is 1. The summed E-state index contributed by atoms with van der Waals surface area (Å²) in [6, 6.07) is 8.00. The Balaban J connectivity index is 1.56. The van der Waals surface area contributed by atoms with Crippen molar-refractivity contribution < 1.29 is 14.7 Å². The highest BCUT2D eigenvalue weighted by atomic mass is 16.4. The Bertz CT molecular complexity index is 965. The normalized spacial score (nSPS) is 27.1. The highest BCUT2D eigenvalue weighted by Gasteiger charge is 2.55. The Morgan fingerprint density at radius 2 is 2.04 bits per heavy atom. The third-order valence-electron chi connectivity index (χ3n) is 6.79. The van der Waals surface area contributed by atoms with Gasteiger partial charge >= 0.3 is 5.97 Å². The van der Waals surface area contributed by atoms with Crippen LogP contribution in [0.3, 0.4) is 0 Å². The van der Waals surface area contributed by atoms with Gasteiger partial charge in [-0.05, 0) is 56.7 Å². The maximum absolute atomic E-state index is 13.5. The van der Waals surface area contributed by atoms with Gasteiger partial charge in [-0.15, -0.1) is 0 Å². The predicted molar refractivity (Wildman–Crippen MR) is 102 cm³/mol. The minimum atomic E-state index is -0.742. The first-order valence-corrected chi connectivity index (χ1v) is 9.92. The number of likely N-dealkylation sites (tertiary alicyclic amines) is 1. The predicted octanol–water partition coefficient (Wildman–Crippen LogP) is 3.75. The zero-order valence-corrected chi connectivity index (χ0v) is 15.6. The Kier molecular flexibility index (Phi) is 3.58. The molecule has 0 spiro atoms. The number of benzene rings is 1. The lowest BCUT2D eigenvalue weighted by molar-refractivity contribution is -0.149. The van der Waals surface area contributed by atoms with Crippen LogP contribution in [0.25, 0.3) is 10.9 Å². The van der Waals surface area contributed by atoms with Gasteiger partial charge in [0, 0.05) is 30.1 Å². The molecule has 2 aromatic rings. The van der Waals surface area contributed by atoms with E-state index >= 15 is 0 Å². The van der Waals surface area contributed by atoms with Crippen LogP contribution in [-0.2, 0) is 4.79 Å². The number of nitrogens with zero attached hydrogens (tertiary/aromatic N) is 2. The number of amides is 1. The first kappa shape index (κ1) is 16.7. The molecule has 1 aromatic carbocycles. The second-order valence-electron chi connectivity index (χ2n) is 8.63. The third kappa shape index (κ3) is 2.55. The van der Waals surface area contributed by atoms with Crippen LogP contribution >= 0.6 is 0 Å². The molecule has 1 amide bonds. The number of carboxylic acids is 1. The molecule has 0 bridgehead atoms. The lowest BCUT2D eigenvalue weighted by atomic mass is 9.81. The molecular weight excluding hydrogens is 340 g/mol. The van der Waals surface area contributed by atoms with Gasteiger partial charge in [0.2, 0.25) is 0 Å². The average Bonchev–Trinajstić information content (AvgIpc) is 3.30. The van der Waals surface area contributed by atoms with Crippen molar-refractivity contribution >= 4 is 22.8 Å². The van der Waals surface area contributed by atoms with Crippen LogP contribution in [0.5, 0.6) is 0 Å². The van der Waals surface area contributed by atoms with Gasteiger partial charge in [-0.2, -0.15) is 0 Å². The van der Waals surface area contributed by atoms with Gasteiger partial charge < -0.3 is 10.0 Å². The van der Waals surface area contributed by atoms with Crippen LogP contribution < -0.4 is 0 Å². The molecule has 27 heavy (non-hydrogen) atoms. The molecule has 5 nitrogen and oxygen atoms in total. The van der Waals surface area contributed by atoms with E-state index in [1.807, 2.05) is 31.2 Å². The molecule has 0 radical (unpaired) electrons. The van der Waals surface area contributed by atoms with Crippen LogP contribution in [0.4, 0.5) is 0 Å². The van der Waals surface area contributed by atoms with E-state index in [1.54, 1.807) is 4.90 Å². The molecule has 1 N–H and O–H groups in total. The van der Waals surface area contributed by atoms with Gasteiger partial charge in [0.15, 0.2) is 0 Å². The molecule has 5 heteroatoms. The monoisotopic (exact) mass is 364 g/mol. The van der Waals surface area contributed by atoms with Crippen LogP contribution in [0.15, 0.2) is 24.3 Å². The average molecular weight is 364 g/mol. The molecule has 1 saturated heterocycles. The van der Waals surface area contributed by atoms with Gasteiger partial charge in [-0.25, -0.2) is 0 Å². The van der Waals surface area contributed by atoms with E-state index in [0.29, 0.717) is 31.0 Å². The molecule has 2 aliphatic carbocycles. The molecule has 0 unspecified atom stereocenters. The van der Waals surface area contributed by atoms with Crippen LogP contribution in [0.1, 0.15) is 59.6 Å². The molecular formula is C22H24N2O3. The van der Waals surface area contributed by atoms with Crippen molar-refractivity contribution in [1.29, 1.82) is 0 Å². The maximum Gasteiger partial charge on any atom is 0.311 e. The summed E-state index contributed by atoms with van der Waals surface area (Å²) in [5.41, 5.74) is 2.90. The third-order valence-corrected chi connectivity index (χ3v) is 6.79. The summed E-state index contributed by atoms with van der Waals surface area (Å²) in [5.74, 6) is -0.235. The number of fused-ring (bicyclic) bond motifs is 2. The quantitative estimate of drug-likeness (QED) is 0.900. The first-order chi connectivity index (χ1) is 13.0. The van der Waals surface area contributed by atoms with E-state index in [4.69, 9.17) is 4.98 Å². The van der Waals surface area contributed by atoms with Gasteiger partial charge in [0.1, 0.15) is 0 Å². The van der Waals surface area contributed by atoms with Crippen molar-refractivity contribution in [2.24, 2.45) is 11.3 Å². The smallest absolute Gasteiger partial charge is 0.311 e. The lowest BCUT2D eigenvalue weighted by Gasteiger charge is -2.23. The lowest BCUT2D eigenvalue weighted by Crippen LogP contribution is -2.37. The first-order valence-electron chi connectivity index (χ1n) is 9.92. The number of aliphatic carboxylic acids is 1. The number of hydrogen-bond donors (Lipinski definition) is 1. The topological polar surface area (TPSA) is 70.5 Å². The van der Waals surface area contributed by atoms with Gasteiger partial charge in [0.25, 0.3) is 5.91 Å². The van der Waals surface area contributed by atoms with Crippen molar-refractivity contribution in [3.05, 3.63) is 41.1 Å². The summed E-state index contributed by atoms with van der Waals surface area (Å²) in [4.78, 5) is 32.0. The molecule has 5 rings (SSSR count). The highest BCUT2D eigenvalue weighted by molar-refractivity contribution is 6.06. The number of hydrogen-bond acceptors (Lipinski definition) is 3. The zero-order valence-electron chi connectivity index (χ0n) is 15.6. The Morgan fingerprint density at radius 3 is 2.74 bits per heavy atom. The largest absolute Gasteiger partial charge is 0.481 e. The van der Waals surface area contributed by atoms with E-state index in [-0.39, 0.29) is 11.8 Å². The Hall–Kier alpha value is -2.43. The van der Waals surface area contributed by atoms with Gasteiger partial charge in [0.05, 0.1) is 16.5 Å². The minimum absolute atomic E-state index is 0.0371. The van der Waals surface area contributed by atoms with Crippen molar-refractivity contribution in [2.75, 3.05) is 13.1 Å². The van der Waals surface area contributed by atoms with E-state index in [2.05, 4.69) is 0 Å². The van der Waals surface area contributed by atoms with Crippen molar-refractivity contribution in [3.8, 4) is 0 Å². The summed E-state index contributed by atoms with van der Waals surface area (Å²) in [7, 11) is 0. The van der Waals surface area contributed by atoms with E-state index in [0.717, 1.165) is 47.8 Å². The summed E-state index contributed by atoms with van der Waals surface area (Å²) in [6.45, 7) is 2.90. The SMILES string of the molecule is Cc1ccc2nc(C3CC3)cc(C(=O)N3C[C@@H]4CCC[C@@]4(C(=O)O)C3)c2c1. The molecule has 2 heterocycles. The summed E-state index contributed by atoms with van der Waals surface area (Å²) in [6.07, 6.45) is 4.79. The summed E-state index contributed by atoms with van der Waals surface area (Å²) < 4.78 is 0. The summed E-state index contributed by atoms with van der Waals surface area (Å²) in [5, 5.41) is 10.7. The molecule has 3 aliphatic rings. The fourth-order valence-electron chi connectivity index (χ4n) is 5.09. The molecule has 1 aromatic heterocycles. The number of aryl methyl sites for hydroxylation is 1. The maximum atomic E-state index is 13.5. The van der Waals surface area contributed by atoms with E-state index in [9.17, 15) is 14.7 Å². The molecule has 1 aliphatic heterocycles. The zero-order chi connectivity index (χ0) is 18.8. The van der Waals surface area contributed by atoms with Gasteiger partial charge in [-0.3, -0.25) is 14.6 Å². The van der Waals surface area contributed by atoms with Gasteiger partial charge in [-0.1, -0.05) is 18.1 Å². The number of carboxylic acid groups (broad SMARTS) is 1. The van der Waals surface area contributed by atoms with Crippen molar-refractivity contribution in [3.63, 3.8) is 0 Å².